The molecule has 0 saturated carbocycles. The zero-order chi connectivity index (χ0) is 26.9. The number of rotatable bonds is 7. The third-order valence-electron chi connectivity index (χ3n) is 6.05. The topological polar surface area (TPSA) is 114 Å². The first kappa shape index (κ1) is 25.8. The Bertz CT molecular complexity index is 1470. The zero-order valence-electron chi connectivity index (χ0n) is 20.5. The number of amides is 1. The molecule has 4 heterocycles. The van der Waals surface area contributed by atoms with Crippen LogP contribution in [0.15, 0.2) is 42.7 Å². The molecule has 3 N–H and O–H groups in total. The summed E-state index contributed by atoms with van der Waals surface area (Å²) in [4.78, 5) is 28.2. The number of aromatic nitrogens is 4. The molecule has 1 saturated heterocycles. The van der Waals surface area contributed by atoms with Gasteiger partial charge in [-0.2, -0.15) is 13.2 Å². The molecule has 198 valence electrons. The molecule has 38 heavy (non-hydrogen) atoms. The third kappa shape index (κ3) is 5.68. The molecule has 2 atom stereocenters. The van der Waals surface area contributed by atoms with Crippen molar-refractivity contribution >= 4 is 38.4 Å². The lowest BCUT2D eigenvalue weighted by Crippen LogP contribution is -2.38. The van der Waals surface area contributed by atoms with Gasteiger partial charge >= 0.3 is 6.18 Å². The van der Waals surface area contributed by atoms with E-state index in [2.05, 4.69) is 35.9 Å². The van der Waals surface area contributed by atoms with Crippen LogP contribution >= 0.6 is 11.3 Å². The predicted molar refractivity (Wildman–Crippen MR) is 138 cm³/mol. The molecule has 1 aliphatic heterocycles. The van der Waals surface area contributed by atoms with E-state index in [9.17, 15) is 18.0 Å². The quantitative estimate of drug-likeness (QED) is 0.281. The lowest BCUT2D eigenvalue weighted by Gasteiger charge is -2.23. The van der Waals surface area contributed by atoms with E-state index in [-0.39, 0.29) is 29.7 Å². The Labute approximate surface area is 219 Å². The van der Waals surface area contributed by atoms with Crippen LogP contribution in [0.5, 0.6) is 11.6 Å². The molecule has 0 spiro atoms. The lowest BCUT2D eigenvalue weighted by atomic mass is 10.1. The molecule has 3 aromatic heterocycles. The van der Waals surface area contributed by atoms with Crippen LogP contribution in [-0.2, 0) is 11.0 Å². The van der Waals surface area contributed by atoms with Crippen LogP contribution in [0.2, 0.25) is 0 Å². The first-order valence-electron chi connectivity index (χ1n) is 11.9. The largest absolute Gasteiger partial charge is 0.437 e. The number of halogens is 3. The normalized spacial score (nSPS) is 16.4. The van der Waals surface area contributed by atoms with E-state index >= 15 is 0 Å². The number of nitrogens with zero attached hydrogens (tertiary/aromatic N) is 4. The van der Waals surface area contributed by atoms with Crippen LogP contribution in [0, 0.1) is 0 Å². The van der Waals surface area contributed by atoms with Crippen molar-refractivity contribution in [1.82, 2.24) is 25.3 Å². The van der Waals surface area contributed by atoms with Crippen LogP contribution in [0.3, 0.4) is 0 Å². The number of fused-ring (bicyclic) bond motifs is 1. The molecule has 1 unspecified atom stereocenters. The molecule has 13 heteroatoms. The first-order valence-corrected chi connectivity index (χ1v) is 12.7. The summed E-state index contributed by atoms with van der Waals surface area (Å²) in [6.07, 6.45) is -1.39. The van der Waals surface area contributed by atoms with E-state index < -0.39 is 11.9 Å². The van der Waals surface area contributed by atoms with Gasteiger partial charge in [-0.05, 0) is 50.6 Å². The summed E-state index contributed by atoms with van der Waals surface area (Å²) in [5.41, 5.74) is 0.272. The van der Waals surface area contributed by atoms with E-state index in [1.807, 2.05) is 13.0 Å². The van der Waals surface area contributed by atoms with E-state index in [0.717, 1.165) is 30.2 Å². The molecule has 1 aliphatic rings. The highest BCUT2D eigenvalue weighted by atomic mass is 32.1. The van der Waals surface area contributed by atoms with Gasteiger partial charge in [0, 0.05) is 30.6 Å². The number of hydrogen-bond donors (Lipinski definition) is 3. The molecule has 0 aliphatic carbocycles. The van der Waals surface area contributed by atoms with Gasteiger partial charge in [-0.3, -0.25) is 4.79 Å². The number of benzene rings is 1. The monoisotopic (exact) mass is 543 g/mol. The number of thiazole rings is 1. The van der Waals surface area contributed by atoms with Crippen LogP contribution in [-0.4, -0.2) is 44.5 Å². The Morgan fingerprint density at radius 3 is 2.79 bits per heavy atom. The van der Waals surface area contributed by atoms with Gasteiger partial charge in [0.15, 0.2) is 10.9 Å². The zero-order valence-corrected chi connectivity index (χ0v) is 21.3. The van der Waals surface area contributed by atoms with Crippen molar-refractivity contribution in [2.24, 2.45) is 0 Å². The van der Waals surface area contributed by atoms with Crippen molar-refractivity contribution < 1.29 is 22.7 Å². The minimum absolute atomic E-state index is 0.0761. The van der Waals surface area contributed by atoms with Crippen LogP contribution in [0.4, 0.5) is 24.1 Å². The second-order valence-electron chi connectivity index (χ2n) is 8.87. The van der Waals surface area contributed by atoms with Gasteiger partial charge in [0.2, 0.25) is 11.8 Å². The molecule has 1 amide bonds. The minimum atomic E-state index is -4.59. The maximum absolute atomic E-state index is 13.5. The predicted octanol–water partition coefficient (Wildman–Crippen LogP) is 5.47. The van der Waals surface area contributed by atoms with Gasteiger partial charge < -0.3 is 20.7 Å². The van der Waals surface area contributed by atoms with Gasteiger partial charge in [0.25, 0.3) is 0 Å². The number of pyridine rings is 1. The molecular weight excluding hydrogens is 519 g/mol. The van der Waals surface area contributed by atoms with E-state index in [1.54, 1.807) is 12.1 Å². The van der Waals surface area contributed by atoms with Crippen molar-refractivity contribution in [3.8, 4) is 22.9 Å². The van der Waals surface area contributed by atoms with Crippen molar-refractivity contribution in [3.05, 3.63) is 48.4 Å². The maximum atomic E-state index is 13.5. The Morgan fingerprint density at radius 2 is 2.05 bits per heavy atom. The van der Waals surface area contributed by atoms with E-state index in [0.29, 0.717) is 27.7 Å². The van der Waals surface area contributed by atoms with Crippen molar-refractivity contribution in [2.75, 3.05) is 17.2 Å². The highest BCUT2D eigenvalue weighted by Crippen LogP contribution is 2.36. The lowest BCUT2D eigenvalue weighted by molar-refractivity contribution is -0.141. The standard InChI is InChI=1S/C25H24F3N7O2S/c1-13(16-5-4-10-29-16)32-23-15(8-9-20(34-23)25(26,27)28)17-11-21(31-12-30-17)37-18-6-3-7-19-22(18)35-24(38-19)33-14(2)36/h3,6-9,11-13,16,29H,4-5,10H2,1-2H3,(H,32,34)(H,33,35,36)/t13-,16?/m1/s1. The number of anilines is 2. The number of hydrogen-bond acceptors (Lipinski definition) is 9. The summed E-state index contributed by atoms with van der Waals surface area (Å²) in [6, 6.07) is 9.12. The molecular formula is C25H24F3N7O2S. The van der Waals surface area contributed by atoms with Crippen LogP contribution < -0.4 is 20.7 Å². The summed E-state index contributed by atoms with van der Waals surface area (Å²) < 4.78 is 47.2. The van der Waals surface area contributed by atoms with Crippen molar-refractivity contribution in [1.29, 1.82) is 0 Å². The average Bonchev–Trinajstić information content (AvgIpc) is 3.54. The molecule has 0 radical (unpaired) electrons. The smallest absolute Gasteiger partial charge is 0.433 e. The van der Waals surface area contributed by atoms with Gasteiger partial charge in [0.1, 0.15) is 23.4 Å². The fourth-order valence-electron chi connectivity index (χ4n) is 4.25. The van der Waals surface area contributed by atoms with Gasteiger partial charge in [0.05, 0.1) is 10.4 Å². The number of alkyl halides is 3. The molecule has 4 aromatic rings. The second kappa shape index (κ2) is 10.5. The Kier molecular flexibility index (Phi) is 7.13. The Morgan fingerprint density at radius 1 is 1.21 bits per heavy atom. The van der Waals surface area contributed by atoms with Crippen molar-refractivity contribution in [2.45, 2.75) is 44.9 Å². The molecule has 5 rings (SSSR count). The van der Waals surface area contributed by atoms with Crippen LogP contribution in [0.25, 0.3) is 21.5 Å². The second-order valence-corrected chi connectivity index (χ2v) is 9.90. The number of carbonyl (C=O) groups excluding carboxylic acids is 1. The molecule has 1 aromatic carbocycles. The van der Waals surface area contributed by atoms with E-state index in [4.69, 9.17) is 4.74 Å². The fraction of sp³-hybridized carbons (Fsp3) is 0.320. The summed E-state index contributed by atoms with van der Waals surface area (Å²) in [5, 5.41) is 9.61. The number of carbonyl (C=O) groups is 1. The average molecular weight is 544 g/mol. The maximum Gasteiger partial charge on any atom is 0.433 e. The number of nitrogens with one attached hydrogen (secondary N) is 3. The van der Waals surface area contributed by atoms with E-state index in [1.165, 1.54) is 36.7 Å². The first-order chi connectivity index (χ1) is 18.2. The summed E-state index contributed by atoms with van der Waals surface area (Å²) >= 11 is 1.30. The third-order valence-corrected chi connectivity index (χ3v) is 6.99. The number of ether oxygens (including phenoxy) is 1. The Balaban J connectivity index is 1.47. The van der Waals surface area contributed by atoms with Gasteiger partial charge in [-0.25, -0.2) is 19.9 Å². The molecule has 0 bridgehead atoms. The SMILES string of the molecule is CC(=O)Nc1nc2c(Oc3cc(-c4ccc(C(F)(F)F)nc4N[C@H](C)C4CCCN4)ncn3)cccc2s1. The highest BCUT2D eigenvalue weighted by Gasteiger charge is 2.34. The highest BCUT2D eigenvalue weighted by molar-refractivity contribution is 7.22. The molecule has 9 nitrogen and oxygen atoms in total. The molecule has 1 fully saturated rings. The van der Waals surface area contributed by atoms with Gasteiger partial charge in [-0.15, -0.1) is 0 Å². The van der Waals surface area contributed by atoms with Crippen LogP contribution in [0.1, 0.15) is 32.4 Å². The van der Waals surface area contributed by atoms with Gasteiger partial charge in [-0.1, -0.05) is 17.4 Å². The minimum Gasteiger partial charge on any atom is -0.437 e. The number of para-hydroxylation sites is 1. The summed E-state index contributed by atoms with van der Waals surface area (Å²) in [7, 11) is 0. The van der Waals surface area contributed by atoms with Crippen molar-refractivity contribution in [3.63, 3.8) is 0 Å². The fourth-order valence-corrected chi connectivity index (χ4v) is 5.18. The summed E-state index contributed by atoms with van der Waals surface area (Å²) in [6.45, 7) is 4.17. The summed E-state index contributed by atoms with van der Waals surface area (Å²) in [5.74, 6) is 0.421. The Hall–Kier alpha value is -3.84.